The average molecular weight is 265 g/mol. The first-order valence-electron chi connectivity index (χ1n) is 2.00. The van der Waals surface area contributed by atoms with E-state index in [9.17, 15) is 33.9 Å². The summed E-state index contributed by atoms with van der Waals surface area (Å²) in [4.78, 5) is 0. The van der Waals surface area contributed by atoms with Crippen LogP contribution in [0.4, 0.5) is 17.1 Å². The summed E-state index contributed by atoms with van der Waals surface area (Å²) in [6.45, 7) is 0. The van der Waals surface area contributed by atoms with Gasteiger partial charge in [0.15, 0.2) is 0 Å². The molecule has 0 aromatic rings. The van der Waals surface area contributed by atoms with Gasteiger partial charge < -0.3 is 0 Å². The van der Waals surface area contributed by atoms with Crippen LogP contribution in [-0.4, -0.2) is 22.3 Å². The molecule has 13 heavy (non-hydrogen) atoms. The maximum Gasteiger partial charge on any atom is 0.512 e. The molecule has 0 saturated heterocycles. The second kappa shape index (κ2) is 3.98. The maximum absolute atomic E-state index is 11.4. The smallest absolute Gasteiger partial charge is 0.202 e. The number of halogens is 4. The largest absolute Gasteiger partial charge is 0.512 e. The summed E-state index contributed by atoms with van der Waals surface area (Å²) < 4.78 is 83.5. The van der Waals surface area contributed by atoms with E-state index in [0.717, 1.165) is 0 Å². The molecule has 0 heterocycles. The number of rotatable bonds is 2. The molecule has 0 spiro atoms. The van der Waals surface area contributed by atoms with Crippen molar-refractivity contribution in [2.75, 3.05) is 0 Å². The van der Waals surface area contributed by atoms with Gasteiger partial charge in [-0.05, 0) is 0 Å². The Labute approximate surface area is 78.0 Å². The minimum Gasteiger partial charge on any atom is -0.202 e. The number of hydrogen-bond donors (Lipinski definition) is 1. The molecule has 12 heteroatoms. The highest BCUT2D eigenvalue weighted by Crippen LogP contribution is 2.22. The molecular formula is CH3F4NO4S3. The van der Waals surface area contributed by atoms with Crippen molar-refractivity contribution in [3.05, 3.63) is 0 Å². The van der Waals surface area contributed by atoms with Gasteiger partial charge in [0, 0.05) is 0 Å². The second-order valence-electron chi connectivity index (χ2n) is 1.47. The van der Waals surface area contributed by atoms with Gasteiger partial charge in [-0.15, -0.1) is 0 Å². The Morgan fingerprint density at radius 1 is 1.00 bits per heavy atom. The molecule has 0 bridgehead atoms. The maximum atomic E-state index is 11.4. The average Bonchev–Trinajstić information content (AvgIpc) is 1.52. The van der Waals surface area contributed by atoms with Crippen molar-refractivity contribution in [1.82, 2.24) is 4.13 Å². The molecule has 0 amide bonds. The van der Waals surface area contributed by atoms with Crippen LogP contribution in [0.2, 0.25) is 0 Å². The van der Waals surface area contributed by atoms with Crippen molar-refractivity contribution in [3.8, 4) is 0 Å². The Balaban J connectivity index is 0. The molecular weight excluding hydrogens is 262 g/mol. The van der Waals surface area contributed by atoms with E-state index in [1.807, 2.05) is 0 Å². The van der Waals surface area contributed by atoms with Crippen LogP contribution in [0.5, 0.6) is 0 Å². The fraction of sp³-hybridized carbons (Fsp3) is 1.00. The van der Waals surface area contributed by atoms with E-state index in [1.165, 1.54) is 0 Å². The van der Waals surface area contributed by atoms with Crippen LogP contribution in [0.3, 0.4) is 0 Å². The van der Waals surface area contributed by atoms with E-state index in [2.05, 4.69) is 0 Å². The topological polar surface area (TPSA) is 80.3 Å². The van der Waals surface area contributed by atoms with E-state index in [4.69, 9.17) is 0 Å². The van der Waals surface area contributed by atoms with Gasteiger partial charge in [-0.1, -0.05) is 8.01 Å². The molecule has 0 unspecified atom stereocenters. The van der Waals surface area contributed by atoms with Crippen LogP contribution in [0, 0.1) is 0 Å². The van der Waals surface area contributed by atoms with Crippen LogP contribution in [0.1, 0.15) is 0 Å². The van der Waals surface area contributed by atoms with Crippen LogP contribution in [0.15, 0.2) is 0 Å². The Morgan fingerprint density at radius 2 is 1.31 bits per heavy atom. The molecule has 0 aliphatic heterocycles. The molecule has 5 nitrogen and oxygen atoms in total. The monoisotopic (exact) mass is 265 g/mol. The number of alkyl halides is 3. The van der Waals surface area contributed by atoms with Gasteiger partial charge in [0.25, 0.3) is 0 Å². The van der Waals surface area contributed by atoms with Gasteiger partial charge >= 0.3 is 25.9 Å². The van der Waals surface area contributed by atoms with E-state index < -0.39 is 25.9 Å². The van der Waals surface area contributed by atoms with Crippen molar-refractivity contribution >= 4 is 33.9 Å². The highest BCUT2D eigenvalue weighted by Gasteiger charge is 2.48. The zero-order valence-electron chi connectivity index (χ0n) is 5.46. The third kappa shape index (κ3) is 5.28. The van der Waals surface area contributed by atoms with Crippen LogP contribution < -0.4 is 4.13 Å². The van der Waals surface area contributed by atoms with Crippen molar-refractivity contribution in [2.24, 2.45) is 0 Å². The minimum atomic E-state index is -6.17. The molecule has 0 saturated carbocycles. The van der Waals surface area contributed by atoms with Crippen molar-refractivity contribution in [2.45, 2.75) is 5.51 Å². The third-order valence-corrected chi connectivity index (χ3v) is 2.80. The lowest BCUT2D eigenvalue weighted by atomic mass is 11.6. The normalized spacial score (nSPS) is 13.5. The molecule has 0 aliphatic rings. The molecule has 0 aliphatic carbocycles. The predicted molar refractivity (Wildman–Crippen MR) is 38.5 cm³/mol. The Kier molecular flexibility index (Phi) is 4.71. The Hall–Kier alpha value is -0.0700. The summed E-state index contributed by atoms with van der Waals surface area (Å²) in [5.41, 5.74) is -5.86. The summed E-state index contributed by atoms with van der Waals surface area (Å²) in [5.74, 6) is 0. The molecule has 0 atom stereocenters. The quantitative estimate of drug-likeness (QED) is 0.551. The lowest BCUT2D eigenvalue weighted by molar-refractivity contribution is -0.0441. The fourth-order valence-electron chi connectivity index (χ4n) is 0.178. The first-order valence-corrected chi connectivity index (χ1v) is 4.87. The highest BCUT2D eigenvalue weighted by atomic mass is 32.3. The van der Waals surface area contributed by atoms with Crippen LogP contribution in [0.25, 0.3) is 0 Å². The van der Waals surface area contributed by atoms with Gasteiger partial charge in [0.1, 0.15) is 0 Å². The van der Waals surface area contributed by atoms with E-state index in [1.54, 1.807) is 0 Å². The van der Waals surface area contributed by atoms with E-state index >= 15 is 0 Å². The number of sulfonamides is 1. The Morgan fingerprint density at radius 3 is 1.38 bits per heavy atom. The first kappa shape index (κ1) is 15.4. The summed E-state index contributed by atoms with van der Waals surface area (Å²) in [5, 5.41) is 0. The third-order valence-electron chi connectivity index (χ3n) is 0.514. The molecule has 0 rings (SSSR count). The molecule has 0 fully saturated rings. The van der Waals surface area contributed by atoms with Crippen LogP contribution in [-0.2, 0) is 20.4 Å². The summed E-state index contributed by atoms with van der Waals surface area (Å²) in [7, 11) is -12.1. The summed E-state index contributed by atoms with van der Waals surface area (Å²) in [6, 6.07) is 0. The van der Waals surface area contributed by atoms with E-state index in [-0.39, 0.29) is 17.6 Å². The summed E-state index contributed by atoms with van der Waals surface area (Å²) >= 11 is 0. The zero-order valence-corrected chi connectivity index (χ0v) is 8.09. The lowest BCUT2D eigenvalue weighted by Crippen LogP contribution is -2.38. The van der Waals surface area contributed by atoms with Crippen molar-refractivity contribution in [1.29, 1.82) is 0 Å². The summed E-state index contributed by atoms with van der Waals surface area (Å²) in [6.07, 6.45) is 0. The molecule has 0 aromatic carbocycles. The first-order chi connectivity index (χ1) is 4.96. The number of nitrogens with one attached hydrogen (secondary N) is 1. The minimum absolute atomic E-state index is 0. The molecule has 0 aromatic heterocycles. The van der Waals surface area contributed by atoms with Crippen LogP contribution >= 0.6 is 13.5 Å². The van der Waals surface area contributed by atoms with Gasteiger partial charge in [0.05, 0.1) is 0 Å². The molecule has 1 N–H and O–H groups in total. The fourth-order valence-corrected chi connectivity index (χ4v) is 1.60. The standard InChI is InChI=1S/CHF4NO4S2.H2S/c2-1(3,4)11(7,8)6-12(5,9)10;/h6H;1H2. The van der Waals surface area contributed by atoms with Gasteiger partial charge in [-0.3, -0.25) is 0 Å². The van der Waals surface area contributed by atoms with Crippen molar-refractivity contribution in [3.63, 3.8) is 0 Å². The number of hydrogen-bond acceptors (Lipinski definition) is 4. The predicted octanol–water partition coefficient (Wildman–Crippen LogP) is -0.247. The molecule has 0 radical (unpaired) electrons. The van der Waals surface area contributed by atoms with Gasteiger partial charge in [-0.2, -0.15) is 35.1 Å². The highest BCUT2D eigenvalue weighted by molar-refractivity contribution is 8.03. The van der Waals surface area contributed by atoms with E-state index in [0.29, 0.717) is 0 Å². The lowest BCUT2D eigenvalue weighted by Gasteiger charge is -2.04. The zero-order chi connectivity index (χ0) is 10.2. The Bertz CT molecular complexity index is 351. The molecule has 82 valence electrons. The van der Waals surface area contributed by atoms with Crippen molar-refractivity contribution < 1.29 is 33.9 Å². The second-order valence-corrected chi connectivity index (χ2v) is 4.48. The SMILES string of the molecule is O=S(=O)(F)NS(=O)(=O)C(F)(F)F.S. The van der Waals surface area contributed by atoms with Gasteiger partial charge in [0.2, 0.25) is 0 Å². The van der Waals surface area contributed by atoms with Gasteiger partial charge in [-0.25, -0.2) is 8.42 Å².